The molecule has 100 valence electrons. The van der Waals surface area contributed by atoms with Crippen LogP contribution in [0.1, 0.15) is 5.56 Å². The van der Waals surface area contributed by atoms with E-state index in [1.807, 2.05) is 6.92 Å². The molecule has 0 unspecified atom stereocenters. The molecule has 0 bridgehead atoms. The second-order valence-corrected chi connectivity index (χ2v) is 5.92. The SMILES string of the molecule is C#CCN(C/C=C/C=C)S(=O)(=O)c1ccc(C)cc1. The molecule has 1 rings (SSSR count). The van der Waals surface area contributed by atoms with E-state index in [1.165, 1.54) is 4.31 Å². The Morgan fingerprint density at radius 1 is 1.37 bits per heavy atom. The number of rotatable bonds is 6. The lowest BCUT2D eigenvalue weighted by atomic mass is 10.2. The van der Waals surface area contributed by atoms with Gasteiger partial charge in [0.1, 0.15) is 0 Å². The van der Waals surface area contributed by atoms with E-state index < -0.39 is 10.0 Å². The summed E-state index contributed by atoms with van der Waals surface area (Å²) in [6, 6.07) is 6.71. The summed E-state index contributed by atoms with van der Waals surface area (Å²) >= 11 is 0. The van der Waals surface area contributed by atoms with Gasteiger partial charge in [-0.15, -0.1) is 6.42 Å². The van der Waals surface area contributed by atoms with E-state index in [4.69, 9.17) is 6.42 Å². The van der Waals surface area contributed by atoms with Crippen molar-refractivity contribution in [3.05, 3.63) is 54.6 Å². The maximum absolute atomic E-state index is 12.4. The molecule has 0 aliphatic rings. The van der Waals surface area contributed by atoms with Crippen molar-refractivity contribution < 1.29 is 8.42 Å². The highest BCUT2D eigenvalue weighted by Gasteiger charge is 2.22. The number of terminal acetylenes is 1. The summed E-state index contributed by atoms with van der Waals surface area (Å²) in [5.41, 5.74) is 1.01. The lowest BCUT2D eigenvalue weighted by Gasteiger charge is -2.18. The molecule has 0 N–H and O–H groups in total. The normalized spacial score (nSPS) is 11.6. The van der Waals surface area contributed by atoms with Gasteiger partial charge in [-0.1, -0.05) is 48.4 Å². The van der Waals surface area contributed by atoms with E-state index >= 15 is 0 Å². The summed E-state index contributed by atoms with van der Waals surface area (Å²) in [4.78, 5) is 0.250. The average molecular weight is 275 g/mol. The second-order valence-electron chi connectivity index (χ2n) is 3.98. The number of aryl methyl sites for hydroxylation is 1. The van der Waals surface area contributed by atoms with Crippen molar-refractivity contribution >= 4 is 10.0 Å². The molecular weight excluding hydrogens is 258 g/mol. The van der Waals surface area contributed by atoms with Gasteiger partial charge in [0.15, 0.2) is 0 Å². The molecule has 0 aliphatic carbocycles. The van der Waals surface area contributed by atoms with E-state index in [9.17, 15) is 8.42 Å². The van der Waals surface area contributed by atoms with Crippen molar-refractivity contribution in [3.63, 3.8) is 0 Å². The molecule has 1 aromatic carbocycles. The van der Waals surface area contributed by atoms with Gasteiger partial charge in [0.05, 0.1) is 11.4 Å². The van der Waals surface area contributed by atoms with Crippen LogP contribution in [0.5, 0.6) is 0 Å². The largest absolute Gasteiger partial charge is 0.244 e. The number of allylic oxidation sites excluding steroid dienone is 2. The number of sulfonamides is 1. The number of hydrogen-bond donors (Lipinski definition) is 0. The highest BCUT2D eigenvalue weighted by Crippen LogP contribution is 2.16. The zero-order chi connectivity index (χ0) is 14.3. The van der Waals surface area contributed by atoms with Crippen LogP contribution in [0, 0.1) is 19.3 Å². The van der Waals surface area contributed by atoms with E-state index in [0.29, 0.717) is 0 Å². The summed E-state index contributed by atoms with van der Waals surface area (Å²) < 4.78 is 26.0. The molecule has 19 heavy (non-hydrogen) atoms. The Kier molecular flexibility index (Phi) is 5.56. The first-order chi connectivity index (χ1) is 9.02. The highest BCUT2D eigenvalue weighted by molar-refractivity contribution is 7.89. The minimum Gasteiger partial charge on any atom is -0.207 e. The minimum atomic E-state index is -3.56. The van der Waals surface area contributed by atoms with Gasteiger partial charge in [-0.3, -0.25) is 0 Å². The number of hydrogen-bond acceptors (Lipinski definition) is 2. The van der Waals surface area contributed by atoms with Gasteiger partial charge in [0.2, 0.25) is 10.0 Å². The molecule has 0 saturated carbocycles. The zero-order valence-electron chi connectivity index (χ0n) is 10.9. The lowest BCUT2D eigenvalue weighted by molar-refractivity contribution is 0.478. The first-order valence-electron chi connectivity index (χ1n) is 5.80. The highest BCUT2D eigenvalue weighted by atomic mass is 32.2. The van der Waals surface area contributed by atoms with Crippen molar-refractivity contribution in [2.24, 2.45) is 0 Å². The molecule has 0 fully saturated rings. The summed E-state index contributed by atoms with van der Waals surface area (Å²) in [7, 11) is -3.56. The van der Waals surface area contributed by atoms with Gasteiger partial charge in [-0.25, -0.2) is 8.42 Å². The van der Waals surface area contributed by atoms with Crippen molar-refractivity contribution in [1.29, 1.82) is 0 Å². The number of nitrogens with zero attached hydrogens (tertiary/aromatic N) is 1. The van der Waals surface area contributed by atoms with E-state index in [-0.39, 0.29) is 18.0 Å². The molecule has 0 aliphatic heterocycles. The molecule has 0 aromatic heterocycles. The molecule has 0 saturated heterocycles. The van der Waals surface area contributed by atoms with Gasteiger partial charge in [-0.2, -0.15) is 4.31 Å². The van der Waals surface area contributed by atoms with Gasteiger partial charge < -0.3 is 0 Å². The molecular formula is C15H17NO2S. The maximum atomic E-state index is 12.4. The Hall–Kier alpha value is -1.83. The van der Waals surface area contributed by atoms with Gasteiger partial charge in [0.25, 0.3) is 0 Å². The summed E-state index contributed by atoms with van der Waals surface area (Å²) in [6.45, 7) is 5.71. The fourth-order valence-corrected chi connectivity index (χ4v) is 2.79. The Labute approximate surface area is 115 Å². The van der Waals surface area contributed by atoms with Crippen LogP contribution in [-0.4, -0.2) is 25.8 Å². The first kappa shape index (κ1) is 15.2. The predicted octanol–water partition coefficient (Wildman–Crippen LogP) is 2.36. The molecule has 0 amide bonds. The molecule has 0 heterocycles. The van der Waals surface area contributed by atoms with Crippen LogP contribution in [-0.2, 0) is 10.0 Å². The van der Waals surface area contributed by atoms with Crippen molar-refractivity contribution in [1.82, 2.24) is 4.31 Å². The predicted molar refractivity (Wildman–Crippen MR) is 78.1 cm³/mol. The minimum absolute atomic E-state index is 0.0394. The fraction of sp³-hybridized carbons (Fsp3) is 0.200. The van der Waals surface area contributed by atoms with Crippen LogP contribution >= 0.6 is 0 Å². The monoisotopic (exact) mass is 275 g/mol. The molecule has 1 aromatic rings. The average Bonchev–Trinajstić information content (AvgIpc) is 2.38. The Morgan fingerprint density at radius 2 is 2.00 bits per heavy atom. The van der Waals surface area contributed by atoms with Gasteiger partial charge >= 0.3 is 0 Å². The summed E-state index contributed by atoms with van der Waals surface area (Å²) in [6.07, 6.45) is 10.2. The van der Waals surface area contributed by atoms with Gasteiger partial charge in [0, 0.05) is 6.54 Å². The fourth-order valence-electron chi connectivity index (χ4n) is 1.48. The Morgan fingerprint density at radius 3 is 2.53 bits per heavy atom. The third kappa shape index (κ3) is 4.09. The third-order valence-electron chi connectivity index (χ3n) is 2.51. The lowest BCUT2D eigenvalue weighted by Crippen LogP contribution is -2.31. The Bertz CT molecular complexity index is 592. The first-order valence-corrected chi connectivity index (χ1v) is 7.24. The summed E-state index contributed by atoms with van der Waals surface area (Å²) in [5, 5.41) is 0. The topological polar surface area (TPSA) is 37.4 Å². The van der Waals surface area contributed by atoms with E-state index in [0.717, 1.165) is 5.56 Å². The van der Waals surface area contributed by atoms with E-state index in [1.54, 1.807) is 42.5 Å². The third-order valence-corrected chi connectivity index (χ3v) is 4.33. The van der Waals surface area contributed by atoms with Crippen LogP contribution < -0.4 is 0 Å². The second kappa shape index (κ2) is 6.93. The smallest absolute Gasteiger partial charge is 0.207 e. The van der Waals surface area contributed by atoms with Crippen molar-refractivity contribution in [2.75, 3.05) is 13.1 Å². The summed E-state index contributed by atoms with van der Waals surface area (Å²) in [5.74, 6) is 2.37. The molecule has 0 spiro atoms. The van der Waals surface area contributed by atoms with Crippen molar-refractivity contribution in [3.8, 4) is 12.3 Å². The Balaban J connectivity index is 3.05. The zero-order valence-corrected chi connectivity index (χ0v) is 11.7. The number of benzene rings is 1. The van der Waals surface area contributed by atoms with Crippen LogP contribution in [0.15, 0.2) is 54.0 Å². The quantitative estimate of drug-likeness (QED) is 0.590. The van der Waals surface area contributed by atoms with Gasteiger partial charge in [-0.05, 0) is 19.1 Å². The molecule has 0 radical (unpaired) electrons. The van der Waals surface area contributed by atoms with Crippen LogP contribution in [0.25, 0.3) is 0 Å². The van der Waals surface area contributed by atoms with E-state index in [2.05, 4.69) is 12.5 Å². The van der Waals surface area contributed by atoms with Crippen LogP contribution in [0.2, 0.25) is 0 Å². The standard InChI is InChI=1S/C15H17NO2S/c1-4-6-7-13-16(12-5-2)19(17,18)15-10-8-14(3)9-11-15/h2,4,6-11H,1,12-13H2,3H3/b7-6+. The molecule has 0 atom stereocenters. The maximum Gasteiger partial charge on any atom is 0.244 e. The van der Waals surface area contributed by atoms with Crippen molar-refractivity contribution in [2.45, 2.75) is 11.8 Å². The molecule has 4 heteroatoms. The van der Waals surface area contributed by atoms with Crippen LogP contribution in [0.4, 0.5) is 0 Å². The van der Waals surface area contributed by atoms with Crippen LogP contribution in [0.3, 0.4) is 0 Å². The molecule has 3 nitrogen and oxygen atoms in total.